The van der Waals surface area contributed by atoms with Crippen molar-refractivity contribution in [2.24, 2.45) is 5.92 Å². The SMILES string of the molecule is COC(OC)C1CCN(c2ccc([C@@H]3c4ccc(OS(=O)(=O)C(F)(F)F)cc4CC[C@@H]3c3ccccc3)cc2)CC1. The van der Waals surface area contributed by atoms with Gasteiger partial charge in [0.05, 0.1) is 0 Å². The molecule has 5 rings (SSSR count). The van der Waals surface area contributed by atoms with E-state index in [0.29, 0.717) is 12.3 Å². The number of methoxy groups -OCH3 is 2. The smallest absolute Gasteiger partial charge is 0.376 e. The fraction of sp³-hybridized carbons (Fsp3) is 0.419. The fourth-order valence-electron chi connectivity index (χ4n) is 6.30. The van der Waals surface area contributed by atoms with E-state index in [1.807, 2.05) is 18.2 Å². The number of hydrogen-bond acceptors (Lipinski definition) is 6. The maximum absolute atomic E-state index is 12.9. The Hall–Kier alpha value is -3.08. The van der Waals surface area contributed by atoms with Crippen LogP contribution in [0.15, 0.2) is 72.8 Å². The highest BCUT2D eigenvalue weighted by atomic mass is 32.2. The van der Waals surface area contributed by atoms with Crippen LogP contribution < -0.4 is 9.08 Å². The number of piperidine rings is 1. The molecule has 0 unspecified atom stereocenters. The van der Waals surface area contributed by atoms with Crippen LogP contribution in [-0.2, 0) is 26.0 Å². The molecule has 0 amide bonds. The lowest BCUT2D eigenvalue weighted by Crippen LogP contribution is -2.39. The number of hydrogen-bond donors (Lipinski definition) is 0. The van der Waals surface area contributed by atoms with Crippen molar-refractivity contribution in [1.82, 2.24) is 0 Å². The third kappa shape index (κ3) is 6.24. The van der Waals surface area contributed by atoms with E-state index in [9.17, 15) is 21.6 Å². The molecule has 1 heterocycles. The summed E-state index contributed by atoms with van der Waals surface area (Å²) >= 11 is 0. The largest absolute Gasteiger partial charge is 0.534 e. The predicted molar refractivity (Wildman–Crippen MR) is 151 cm³/mol. The highest BCUT2D eigenvalue weighted by Crippen LogP contribution is 2.47. The van der Waals surface area contributed by atoms with E-state index in [4.69, 9.17) is 9.47 Å². The molecule has 41 heavy (non-hydrogen) atoms. The molecule has 6 nitrogen and oxygen atoms in total. The number of anilines is 1. The van der Waals surface area contributed by atoms with Gasteiger partial charge in [-0.2, -0.15) is 21.6 Å². The zero-order chi connectivity index (χ0) is 29.2. The van der Waals surface area contributed by atoms with Gasteiger partial charge < -0.3 is 18.6 Å². The minimum atomic E-state index is -5.74. The average Bonchev–Trinajstić information content (AvgIpc) is 2.97. The van der Waals surface area contributed by atoms with Crippen LogP contribution in [0.2, 0.25) is 0 Å². The lowest BCUT2D eigenvalue weighted by molar-refractivity contribution is -0.141. The number of benzene rings is 3. The van der Waals surface area contributed by atoms with Gasteiger partial charge in [-0.15, -0.1) is 0 Å². The van der Waals surface area contributed by atoms with Gasteiger partial charge in [0.25, 0.3) is 0 Å². The molecule has 220 valence electrons. The maximum atomic E-state index is 12.9. The zero-order valence-corrected chi connectivity index (χ0v) is 23.8. The first-order valence-electron chi connectivity index (χ1n) is 13.7. The van der Waals surface area contributed by atoms with Gasteiger partial charge in [-0.1, -0.05) is 48.5 Å². The highest BCUT2D eigenvalue weighted by molar-refractivity contribution is 7.88. The van der Waals surface area contributed by atoms with Gasteiger partial charge in [0, 0.05) is 44.8 Å². The Labute approximate surface area is 239 Å². The topological polar surface area (TPSA) is 65.1 Å². The van der Waals surface area contributed by atoms with Crippen molar-refractivity contribution in [3.8, 4) is 5.75 Å². The van der Waals surface area contributed by atoms with Gasteiger partial charge in [0.15, 0.2) is 6.29 Å². The van der Waals surface area contributed by atoms with E-state index in [1.165, 1.54) is 17.7 Å². The van der Waals surface area contributed by atoms with Crippen LogP contribution in [0.25, 0.3) is 0 Å². The molecule has 1 saturated heterocycles. The van der Waals surface area contributed by atoms with Crippen molar-refractivity contribution < 1.29 is 35.2 Å². The second-order valence-electron chi connectivity index (χ2n) is 10.6. The standard InChI is InChI=1S/C31H34F3NO5S/c1-38-30(39-2)23-16-18-35(19-17-23)25-11-8-22(9-12-25)29-27(21-6-4-3-5-7-21)14-10-24-20-26(13-15-28(24)29)40-41(36,37)31(32,33)34/h3-9,11-13,15,20,23,27,29-30H,10,14,16-19H2,1-2H3/t27-,29+/m1/s1. The molecule has 0 spiro atoms. The van der Waals surface area contributed by atoms with Gasteiger partial charge in [0.2, 0.25) is 0 Å². The summed E-state index contributed by atoms with van der Waals surface area (Å²) in [6.07, 6.45) is 3.09. The van der Waals surface area contributed by atoms with Crippen molar-refractivity contribution in [3.63, 3.8) is 0 Å². The Bertz CT molecular complexity index is 1420. The van der Waals surface area contributed by atoms with Crippen LogP contribution in [0.3, 0.4) is 0 Å². The molecular weight excluding hydrogens is 555 g/mol. The van der Waals surface area contributed by atoms with E-state index < -0.39 is 15.6 Å². The highest BCUT2D eigenvalue weighted by Gasteiger charge is 2.48. The Morgan fingerprint density at radius 3 is 2.12 bits per heavy atom. The number of ether oxygens (including phenoxy) is 2. The van der Waals surface area contributed by atoms with Gasteiger partial charge in [-0.3, -0.25) is 0 Å². The lowest BCUT2D eigenvalue weighted by Gasteiger charge is -2.37. The van der Waals surface area contributed by atoms with E-state index in [1.54, 1.807) is 20.3 Å². The first-order valence-corrected chi connectivity index (χ1v) is 15.1. The first-order chi connectivity index (χ1) is 19.6. The Kier molecular flexibility index (Phi) is 8.63. The Morgan fingerprint density at radius 1 is 0.854 bits per heavy atom. The van der Waals surface area contributed by atoms with Gasteiger partial charge in [0.1, 0.15) is 5.75 Å². The molecule has 2 aliphatic rings. The molecule has 0 aromatic heterocycles. The molecule has 2 atom stereocenters. The minimum Gasteiger partial charge on any atom is -0.376 e. The quantitative estimate of drug-likeness (QED) is 0.167. The van der Waals surface area contributed by atoms with E-state index in [2.05, 4.69) is 45.5 Å². The molecule has 1 aliphatic heterocycles. The summed E-state index contributed by atoms with van der Waals surface area (Å²) in [4.78, 5) is 2.36. The third-order valence-electron chi connectivity index (χ3n) is 8.30. The van der Waals surface area contributed by atoms with Crippen LogP contribution in [0.1, 0.15) is 53.4 Å². The molecule has 3 aromatic rings. The third-order valence-corrected chi connectivity index (χ3v) is 9.28. The maximum Gasteiger partial charge on any atom is 0.534 e. The van der Waals surface area contributed by atoms with E-state index in [0.717, 1.165) is 54.7 Å². The summed E-state index contributed by atoms with van der Waals surface area (Å²) in [5.74, 6) is 0.112. The van der Waals surface area contributed by atoms with Crippen molar-refractivity contribution in [1.29, 1.82) is 0 Å². The fourth-order valence-corrected chi connectivity index (χ4v) is 6.75. The van der Waals surface area contributed by atoms with Gasteiger partial charge in [-0.05, 0) is 78.1 Å². The van der Waals surface area contributed by atoms with Crippen LogP contribution in [0, 0.1) is 5.92 Å². The number of rotatable bonds is 8. The molecule has 1 aliphatic carbocycles. The number of aryl methyl sites for hydroxylation is 1. The Balaban J connectivity index is 1.42. The second kappa shape index (κ2) is 12.0. The monoisotopic (exact) mass is 589 g/mol. The molecule has 3 aromatic carbocycles. The lowest BCUT2D eigenvalue weighted by atomic mass is 9.69. The van der Waals surface area contributed by atoms with Crippen molar-refractivity contribution >= 4 is 15.8 Å². The number of halogens is 3. The van der Waals surface area contributed by atoms with Crippen molar-refractivity contribution in [3.05, 3.63) is 95.1 Å². The van der Waals surface area contributed by atoms with Crippen molar-refractivity contribution in [2.75, 3.05) is 32.2 Å². The summed E-state index contributed by atoms with van der Waals surface area (Å²) in [5, 5.41) is 0. The number of fused-ring (bicyclic) bond motifs is 1. The van der Waals surface area contributed by atoms with Crippen LogP contribution in [0.5, 0.6) is 5.75 Å². The normalized spacial score (nSPS) is 20.2. The minimum absolute atomic E-state index is 0.0571. The molecule has 10 heteroatoms. The van der Waals surface area contributed by atoms with Crippen LogP contribution >= 0.6 is 0 Å². The molecule has 0 bridgehead atoms. The van der Waals surface area contributed by atoms with Gasteiger partial charge >= 0.3 is 15.6 Å². The predicted octanol–water partition coefficient (Wildman–Crippen LogP) is 6.61. The summed E-state index contributed by atoms with van der Waals surface area (Å²) < 4.78 is 77.2. The first kappa shape index (κ1) is 29.4. The van der Waals surface area contributed by atoms with E-state index in [-0.39, 0.29) is 23.9 Å². The Morgan fingerprint density at radius 2 is 1.51 bits per heavy atom. The molecule has 0 saturated carbocycles. The van der Waals surface area contributed by atoms with Crippen molar-refractivity contribution in [2.45, 2.75) is 49.3 Å². The zero-order valence-electron chi connectivity index (χ0n) is 23.0. The van der Waals surface area contributed by atoms with Crippen LogP contribution in [0.4, 0.5) is 18.9 Å². The average molecular weight is 590 g/mol. The summed E-state index contributed by atoms with van der Waals surface area (Å²) in [7, 11) is -2.40. The summed E-state index contributed by atoms with van der Waals surface area (Å²) in [6.45, 7) is 1.80. The van der Waals surface area contributed by atoms with Gasteiger partial charge in [-0.25, -0.2) is 0 Å². The second-order valence-corrected chi connectivity index (χ2v) is 12.2. The van der Waals surface area contributed by atoms with Crippen LogP contribution in [-0.4, -0.2) is 47.5 Å². The van der Waals surface area contributed by atoms with E-state index >= 15 is 0 Å². The summed E-state index contributed by atoms with van der Waals surface area (Å²) in [6, 6.07) is 23.1. The summed E-state index contributed by atoms with van der Waals surface area (Å²) in [5.41, 5.74) is -0.341. The number of nitrogens with zero attached hydrogens (tertiary/aromatic N) is 1. The molecular formula is C31H34F3NO5S. The molecule has 1 fully saturated rings. The number of alkyl halides is 3. The molecule has 0 radical (unpaired) electrons. The molecule has 0 N–H and O–H groups in total.